The van der Waals surface area contributed by atoms with Gasteiger partial charge in [0.25, 0.3) is 0 Å². The third-order valence-electron chi connectivity index (χ3n) is 4.95. The SMILES string of the molecule is Cc1nn(C)c(Oc2ccccc2F)c1/C=N/OCc1ccc(Oc2ccc(C(F)(F)F)cn2)cc1. The van der Waals surface area contributed by atoms with Crippen molar-refractivity contribution in [3.8, 4) is 23.3 Å². The number of para-hydroxylation sites is 1. The van der Waals surface area contributed by atoms with E-state index in [1.54, 1.807) is 50.4 Å². The van der Waals surface area contributed by atoms with Crippen LogP contribution in [0.15, 0.2) is 72.0 Å². The van der Waals surface area contributed by atoms with E-state index in [-0.39, 0.29) is 18.2 Å². The van der Waals surface area contributed by atoms with Crippen LogP contribution in [0.5, 0.6) is 23.3 Å². The molecule has 0 saturated heterocycles. The molecule has 186 valence electrons. The van der Waals surface area contributed by atoms with E-state index in [9.17, 15) is 17.6 Å². The lowest BCUT2D eigenvalue weighted by molar-refractivity contribution is -0.137. The molecule has 0 unspecified atom stereocenters. The predicted octanol–water partition coefficient (Wildman–Crippen LogP) is 6.42. The number of alkyl halides is 3. The zero-order valence-electron chi connectivity index (χ0n) is 19.2. The number of aryl methyl sites for hydroxylation is 2. The van der Waals surface area contributed by atoms with E-state index in [0.29, 0.717) is 29.1 Å². The van der Waals surface area contributed by atoms with Crippen LogP contribution < -0.4 is 9.47 Å². The highest BCUT2D eigenvalue weighted by Crippen LogP contribution is 2.30. The molecule has 0 atom stereocenters. The fourth-order valence-electron chi connectivity index (χ4n) is 3.14. The van der Waals surface area contributed by atoms with Crippen molar-refractivity contribution in [2.45, 2.75) is 19.7 Å². The van der Waals surface area contributed by atoms with Gasteiger partial charge in [-0.15, -0.1) is 0 Å². The van der Waals surface area contributed by atoms with Crippen molar-refractivity contribution in [3.05, 3.63) is 95.1 Å². The van der Waals surface area contributed by atoms with E-state index in [4.69, 9.17) is 14.3 Å². The number of hydrogen-bond donors (Lipinski definition) is 0. The lowest BCUT2D eigenvalue weighted by Gasteiger charge is -2.08. The van der Waals surface area contributed by atoms with Crippen molar-refractivity contribution in [2.75, 3.05) is 0 Å². The van der Waals surface area contributed by atoms with Crippen LogP contribution in [-0.4, -0.2) is 21.0 Å². The summed E-state index contributed by atoms with van der Waals surface area (Å²) in [6, 6.07) is 14.8. The Hall–Kier alpha value is -4.41. The summed E-state index contributed by atoms with van der Waals surface area (Å²) in [5.74, 6) is 0.303. The molecule has 0 aliphatic rings. The van der Waals surface area contributed by atoms with E-state index in [1.807, 2.05) is 0 Å². The molecule has 0 spiro atoms. The summed E-state index contributed by atoms with van der Waals surface area (Å²) in [4.78, 5) is 9.04. The van der Waals surface area contributed by atoms with Crippen LogP contribution in [0, 0.1) is 12.7 Å². The van der Waals surface area contributed by atoms with Gasteiger partial charge in [-0.3, -0.25) is 0 Å². The van der Waals surface area contributed by atoms with E-state index in [0.717, 1.165) is 17.7 Å². The average Bonchev–Trinajstić information content (AvgIpc) is 3.11. The third kappa shape index (κ3) is 5.98. The minimum atomic E-state index is -4.46. The van der Waals surface area contributed by atoms with Gasteiger partial charge in [-0.05, 0) is 42.8 Å². The smallest absolute Gasteiger partial charge is 0.417 e. The monoisotopic (exact) mass is 500 g/mol. The van der Waals surface area contributed by atoms with Crippen LogP contribution in [-0.2, 0) is 24.7 Å². The average molecular weight is 500 g/mol. The number of hydrogen-bond acceptors (Lipinski definition) is 6. The largest absolute Gasteiger partial charge is 0.439 e. The second kappa shape index (κ2) is 10.5. The second-order valence-corrected chi connectivity index (χ2v) is 7.60. The number of pyridine rings is 1. The number of aromatic nitrogens is 3. The Bertz CT molecular complexity index is 1350. The highest BCUT2D eigenvalue weighted by molar-refractivity contribution is 5.84. The molecule has 36 heavy (non-hydrogen) atoms. The van der Waals surface area contributed by atoms with Crippen molar-refractivity contribution >= 4 is 6.21 Å². The quantitative estimate of drug-likeness (QED) is 0.159. The molecule has 0 aliphatic heterocycles. The zero-order valence-corrected chi connectivity index (χ0v) is 19.2. The van der Waals surface area contributed by atoms with Gasteiger partial charge in [-0.1, -0.05) is 29.4 Å². The second-order valence-electron chi connectivity index (χ2n) is 7.60. The zero-order chi connectivity index (χ0) is 25.7. The van der Waals surface area contributed by atoms with Gasteiger partial charge in [0.05, 0.1) is 23.0 Å². The number of ether oxygens (including phenoxy) is 2. The first-order valence-electron chi connectivity index (χ1n) is 10.6. The van der Waals surface area contributed by atoms with Gasteiger partial charge in [0.1, 0.15) is 12.4 Å². The molecule has 2 aromatic carbocycles. The van der Waals surface area contributed by atoms with Gasteiger partial charge in [-0.2, -0.15) is 18.3 Å². The fraction of sp³-hybridized carbons (Fsp3) is 0.160. The fourth-order valence-corrected chi connectivity index (χ4v) is 3.14. The molecular weight excluding hydrogens is 480 g/mol. The van der Waals surface area contributed by atoms with Gasteiger partial charge < -0.3 is 14.3 Å². The molecule has 2 heterocycles. The van der Waals surface area contributed by atoms with E-state index < -0.39 is 17.6 Å². The Balaban J connectivity index is 1.35. The lowest BCUT2D eigenvalue weighted by atomic mass is 10.2. The maximum absolute atomic E-state index is 14.0. The molecule has 2 aromatic heterocycles. The van der Waals surface area contributed by atoms with Crippen molar-refractivity contribution in [3.63, 3.8) is 0 Å². The van der Waals surface area contributed by atoms with Crippen LogP contribution in [0.25, 0.3) is 0 Å². The Morgan fingerprint density at radius 3 is 2.42 bits per heavy atom. The minimum absolute atomic E-state index is 0.0387. The summed E-state index contributed by atoms with van der Waals surface area (Å²) in [7, 11) is 1.67. The summed E-state index contributed by atoms with van der Waals surface area (Å²) in [5.41, 5.74) is 1.07. The molecule has 0 N–H and O–H groups in total. The van der Waals surface area contributed by atoms with Gasteiger partial charge >= 0.3 is 6.18 Å². The lowest BCUT2D eigenvalue weighted by Crippen LogP contribution is -2.05. The van der Waals surface area contributed by atoms with Crippen LogP contribution in [0.1, 0.15) is 22.4 Å². The molecule has 0 saturated carbocycles. The van der Waals surface area contributed by atoms with Crippen LogP contribution >= 0.6 is 0 Å². The highest BCUT2D eigenvalue weighted by atomic mass is 19.4. The third-order valence-corrected chi connectivity index (χ3v) is 4.95. The number of oxime groups is 1. The van der Waals surface area contributed by atoms with E-state index >= 15 is 0 Å². The highest BCUT2D eigenvalue weighted by Gasteiger charge is 2.30. The van der Waals surface area contributed by atoms with Gasteiger partial charge in [0.2, 0.25) is 11.8 Å². The van der Waals surface area contributed by atoms with E-state index in [2.05, 4.69) is 15.2 Å². The maximum Gasteiger partial charge on any atom is 0.417 e. The van der Waals surface area contributed by atoms with Gasteiger partial charge in [0.15, 0.2) is 11.6 Å². The molecule has 0 fully saturated rings. The normalized spacial score (nSPS) is 11.6. The topological polar surface area (TPSA) is 70.8 Å². The Morgan fingerprint density at radius 1 is 1.00 bits per heavy atom. The molecule has 0 aliphatic carbocycles. The Labute approximate surface area is 203 Å². The first-order valence-corrected chi connectivity index (χ1v) is 10.6. The number of benzene rings is 2. The van der Waals surface area contributed by atoms with Gasteiger partial charge in [-0.25, -0.2) is 14.1 Å². The van der Waals surface area contributed by atoms with Crippen LogP contribution in [0.4, 0.5) is 17.6 Å². The van der Waals surface area contributed by atoms with Crippen molar-refractivity contribution in [1.82, 2.24) is 14.8 Å². The molecular formula is C25H20F4N4O3. The first kappa shape index (κ1) is 24.7. The van der Waals surface area contributed by atoms with Crippen LogP contribution in [0.2, 0.25) is 0 Å². The predicted molar refractivity (Wildman–Crippen MR) is 123 cm³/mol. The molecule has 11 heteroatoms. The molecule has 0 amide bonds. The van der Waals surface area contributed by atoms with Crippen LogP contribution in [0.3, 0.4) is 0 Å². The summed E-state index contributed by atoms with van der Waals surface area (Å²) < 4.78 is 64.5. The van der Waals surface area contributed by atoms with Crippen molar-refractivity contribution in [1.29, 1.82) is 0 Å². The first-order chi connectivity index (χ1) is 17.2. The Morgan fingerprint density at radius 2 is 1.75 bits per heavy atom. The molecule has 4 rings (SSSR count). The minimum Gasteiger partial charge on any atom is -0.439 e. The van der Waals surface area contributed by atoms with Crippen molar-refractivity contribution in [2.24, 2.45) is 12.2 Å². The summed E-state index contributed by atoms with van der Waals surface area (Å²) in [6.07, 6.45) is -2.31. The van der Waals surface area contributed by atoms with Gasteiger partial charge in [0, 0.05) is 19.3 Å². The number of nitrogens with zero attached hydrogens (tertiary/aromatic N) is 4. The van der Waals surface area contributed by atoms with Crippen molar-refractivity contribution < 1.29 is 31.9 Å². The number of rotatable bonds is 8. The molecule has 4 aromatic rings. The molecule has 0 bridgehead atoms. The number of halogens is 4. The summed E-state index contributed by atoms with van der Waals surface area (Å²) >= 11 is 0. The molecule has 7 nitrogen and oxygen atoms in total. The van der Waals surface area contributed by atoms with E-state index in [1.165, 1.54) is 23.0 Å². The maximum atomic E-state index is 14.0. The standard InChI is InChI=1S/C25H20F4N4O3/c1-16-20(24(33(2)32-16)36-22-6-4-3-5-21(22)26)14-31-34-15-17-7-10-19(11-8-17)35-23-12-9-18(13-30-23)25(27,28)29/h3-14H,15H2,1-2H3/b31-14+. The molecule has 0 radical (unpaired) electrons. The summed E-state index contributed by atoms with van der Waals surface area (Å²) in [5, 5.41) is 8.25. The Kier molecular flexibility index (Phi) is 7.18. The summed E-state index contributed by atoms with van der Waals surface area (Å²) in [6.45, 7) is 1.90.